The molecule has 1 aromatic rings. The maximum atomic E-state index is 13.1. The molecule has 0 heterocycles. The first kappa shape index (κ1) is 13.8. The maximum Gasteiger partial charge on any atom is 0.190 e. The monoisotopic (exact) mass is 255 g/mol. The van der Waals surface area contributed by atoms with E-state index in [1.807, 2.05) is 19.4 Å². The van der Waals surface area contributed by atoms with Crippen molar-refractivity contribution in [3.05, 3.63) is 35.1 Å². The van der Waals surface area contributed by atoms with E-state index in [1.165, 1.54) is 6.07 Å². The van der Waals surface area contributed by atoms with E-state index in [0.29, 0.717) is 6.54 Å². The molecule has 0 aliphatic heterocycles. The number of thioether (sulfide) groups is 1. The topological polar surface area (TPSA) is 36.4 Å². The van der Waals surface area contributed by atoms with Gasteiger partial charge in [0.1, 0.15) is 5.82 Å². The second-order valence-corrected chi connectivity index (χ2v) is 4.39. The van der Waals surface area contributed by atoms with Crippen molar-refractivity contribution in [2.45, 2.75) is 12.3 Å². The highest BCUT2D eigenvalue weighted by atomic mass is 32.2. The summed E-state index contributed by atoms with van der Waals surface area (Å²) in [4.78, 5) is 4.03. The van der Waals surface area contributed by atoms with Gasteiger partial charge in [-0.25, -0.2) is 4.39 Å². The van der Waals surface area contributed by atoms with Crippen molar-refractivity contribution < 1.29 is 4.39 Å². The molecule has 0 spiro atoms. The predicted octanol–water partition coefficient (Wildman–Crippen LogP) is 1.98. The summed E-state index contributed by atoms with van der Waals surface area (Å²) in [6, 6.07) is 4.90. The fraction of sp³-hybridized carbons (Fsp3) is 0.417. The van der Waals surface area contributed by atoms with Gasteiger partial charge in [0, 0.05) is 26.4 Å². The number of hydrogen-bond acceptors (Lipinski definition) is 2. The molecular weight excluding hydrogens is 237 g/mol. The Balaban J connectivity index is 2.76. The van der Waals surface area contributed by atoms with E-state index in [-0.39, 0.29) is 5.82 Å². The van der Waals surface area contributed by atoms with Gasteiger partial charge in [-0.1, -0.05) is 6.07 Å². The predicted molar refractivity (Wildman–Crippen MR) is 72.9 cm³/mol. The van der Waals surface area contributed by atoms with Gasteiger partial charge >= 0.3 is 0 Å². The molecule has 0 saturated carbocycles. The van der Waals surface area contributed by atoms with Crippen LogP contribution in [-0.2, 0) is 12.3 Å². The molecule has 94 valence electrons. The number of halogens is 1. The minimum absolute atomic E-state index is 0.184. The van der Waals surface area contributed by atoms with Crippen LogP contribution in [0.15, 0.2) is 23.2 Å². The Morgan fingerprint density at radius 2 is 2.18 bits per heavy atom. The molecule has 0 unspecified atom stereocenters. The van der Waals surface area contributed by atoms with Crippen molar-refractivity contribution in [1.29, 1.82) is 0 Å². The number of rotatable bonds is 4. The lowest BCUT2D eigenvalue weighted by Gasteiger charge is -2.12. The van der Waals surface area contributed by atoms with Crippen molar-refractivity contribution in [2.75, 3.05) is 20.4 Å². The third-order valence-corrected chi connectivity index (χ3v) is 2.97. The molecule has 0 radical (unpaired) electrons. The minimum atomic E-state index is -0.184. The van der Waals surface area contributed by atoms with Gasteiger partial charge in [-0.15, -0.1) is 0 Å². The van der Waals surface area contributed by atoms with Crippen molar-refractivity contribution in [1.82, 2.24) is 10.6 Å². The van der Waals surface area contributed by atoms with Crippen LogP contribution in [0.3, 0.4) is 0 Å². The average molecular weight is 255 g/mol. The van der Waals surface area contributed by atoms with Crippen LogP contribution in [0.25, 0.3) is 0 Å². The zero-order valence-electron chi connectivity index (χ0n) is 10.4. The van der Waals surface area contributed by atoms with E-state index in [9.17, 15) is 4.39 Å². The SMILES string of the molecule is CN=C(NC)NCc1ccc(F)cc1CSC. The Kier molecular flexibility index (Phi) is 5.83. The second kappa shape index (κ2) is 7.17. The molecule has 2 N–H and O–H groups in total. The van der Waals surface area contributed by atoms with E-state index in [1.54, 1.807) is 24.9 Å². The lowest BCUT2D eigenvalue weighted by molar-refractivity contribution is 0.625. The fourth-order valence-corrected chi connectivity index (χ4v) is 2.09. The van der Waals surface area contributed by atoms with Crippen LogP contribution in [0.2, 0.25) is 0 Å². The summed E-state index contributed by atoms with van der Waals surface area (Å²) in [7, 11) is 3.52. The first-order valence-electron chi connectivity index (χ1n) is 5.36. The maximum absolute atomic E-state index is 13.1. The fourth-order valence-electron chi connectivity index (χ4n) is 1.52. The van der Waals surface area contributed by atoms with Gasteiger partial charge in [0.25, 0.3) is 0 Å². The Labute approximate surface area is 106 Å². The first-order chi connectivity index (χ1) is 8.21. The van der Waals surface area contributed by atoms with Crippen molar-refractivity contribution in [2.24, 2.45) is 4.99 Å². The van der Waals surface area contributed by atoms with Crippen LogP contribution in [0.4, 0.5) is 4.39 Å². The third-order valence-electron chi connectivity index (χ3n) is 2.37. The molecule has 0 aliphatic carbocycles. The van der Waals surface area contributed by atoms with E-state index < -0.39 is 0 Å². The van der Waals surface area contributed by atoms with Crippen LogP contribution in [0, 0.1) is 5.82 Å². The zero-order valence-corrected chi connectivity index (χ0v) is 11.2. The van der Waals surface area contributed by atoms with Crippen molar-refractivity contribution >= 4 is 17.7 Å². The van der Waals surface area contributed by atoms with Crippen LogP contribution >= 0.6 is 11.8 Å². The summed E-state index contributed by atoms with van der Waals surface area (Å²) in [6.07, 6.45) is 2.01. The molecule has 0 bridgehead atoms. The Hall–Kier alpha value is -1.23. The second-order valence-electron chi connectivity index (χ2n) is 3.52. The number of guanidine groups is 1. The summed E-state index contributed by atoms with van der Waals surface area (Å²) in [6.45, 7) is 0.643. The van der Waals surface area contributed by atoms with Gasteiger partial charge in [-0.3, -0.25) is 4.99 Å². The van der Waals surface area contributed by atoms with Crippen LogP contribution in [0.5, 0.6) is 0 Å². The van der Waals surface area contributed by atoms with Gasteiger partial charge < -0.3 is 10.6 Å². The number of nitrogens with one attached hydrogen (secondary N) is 2. The van der Waals surface area contributed by atoms with E-state index in [4.69, 9.17) is 0 Å². The Morgan fingerprint density at radius 3 is 2.76 bits per heavy atom. The smallest absolute Gasteiger partial charge is 0.190 e. The molecule has 0 fully saturated rings. The summed E-state index contributed by atoms with van der Waals surface area (Å²) < 4.78 is 13.1. The van der Waals surface area contributed by atoms with E-state index >= 15 is 0 Å². The quantitative estimate of drug-likeness (QED) is 0.638. The zero-order chi connectivity index (χ0) is 12.7. The summed E-state index contributed by atoms with van der Waals surface area (Å²) in [5, 5.41) is 6.11. The van der Waals surface area contributed by atoms with Gasteiger partial charge in [0.05, 0.1) is 0 Å². The standard InChI is InChI=1S/C12H18FN3S/c1-14-12(15-2)16-7-9-4-5-11(13)6-10(9)8-17-3/h4-6H,7-8H2,1-3H3,(H2,14,15,16). The van der Waals surface area contributed by atoms with Gasteiger partial charge in [0.15, 0.2) is 5.96 Å². The van der Waals surface area contributed by atoms with Crippen LogP contribution in [0.1, 0.15) is 11.1 Å². The summed E-state index contributed by atoms with van der Waals surface area (Å²) in [5.41, 5.74) is 2.12. The van der Waals surface area contributed by atoms with E-state index in [2.05, 4.69) is 15.6 Å². The number of benzene rings is 1. The molecule has 0 amide bonds. The molecule has 17 heavy (non-hydrogen) atoms. The number of hydrogen-bond donors (Lipinski definition) is 2. The molecular formula is C12H18FN3S. The van der Waals surface area contributed by atoms with Crippen molar-refractivity contribution in [3.8, 4) is 0 Å². The highest BCUT2D eigenvalue weighted by Crippen LogP contribution is 2.16. The highest BCUT2D eigenvalue weighted by Gasteiger charge is 2.04. The van der Waals surface area contributed by atoms with Gasteiger partial charge in [0.2, 0.25) is 0 Å². The number of nitrogens with zero attached hydrogens (tertiary/aromatic N) is 1. The molecule has 3 nitrogen and oxygen atoms in total. The summed E-state index contributed by atoms with van der Waals surface area (Å²) >= 11 is 1.68. The largest absolute Gasteiger partial charge is 0.359 e. The molecule has 0 aromatic heterocycles. The molecule has 5 heteroatoms. The first-order valence-corrected chi connectivity index (χ1v) is 6.75. The molecule has 1 aromatic carbocycles. The normalized spacial score (nSPS) is 11.4. The van der Waals surface area contributed by atoms with E-state index in [0.717, 1.165) is 22.8 Å². The molecule has 0 atom stereocenters. The van der Waals surface area contributed by atoms with Crippen LogP contribution < -0.4 is 10.6 Å². The highest BCUT2D eigenvalue weighted by molar-refractivity contribution is 7.97. The molecule has 0 saturated heterocycles. The minimum Gasteiger partial charge on any atom is -0.359 e. The average Bonchev–Trinajstić information content (AvgIpc) is 2.33. The number of aliphatic imine (C=N–C) groups is 1. The van der Waals surface area contributed by atoms with Gasteiger partial charge in [-0.2, -0.15) is 11.8 Å². The van der Waals surface area contributed by atoms with Crippen LogP contribution in [-0.4, -0.2) is 26.3 Å². The third kappa shape index (κ3) is 4.26. The van der Waals surface area contributed by atoms with Crippen molar-refractivity contribution in [3.63, 3.8) is 0 Å². The Bertz CT molecular complexity index is 393. The van der Waals surface area contributed by atoms with Gasteiger partial charge in [-0.05, 0) is 29.5 Å². The summed E-state index contributed by atoms with van der Waals surface area (Å²) in [5.74, 6) is 1.35. The Morgan fingerprint density at radius 1 is 1.41 bits per heavy atom. The lowest BCUT2D eigenvalue weighted by Crippen LogP contribution is -2.34. The molecule has 0 aliphatic rings. The molecule has 1 rings (SSSR count). The lowest BCUT2D eigenvalue weighted by atomic mass is 10.1.